The second-order valence-corrected chi connectivity index (χ2v) is 19.5. The minimum Gasteiger partial charge on any atom is -0.402 e. The molecule has 372 valence electrons. The van der Waals surface area contributed by atoms with Crippen LogP contribution in [0.15, 0.2) is 60.9 Å². The topological polar surface area (TPSA) is 195 Å². The SMILES string of the molecule is CCCCCCCCCCCCCCCCCCOC[C@H](COP(=O)(OC[C@@H](OCC#N)[C@H]1OC(C)(C)O[C@H]1c1ccc2c(N)ncnn12)Oc1ccccc1Cl)OCc1ccc(C#N)cc1F. The first-order valence-corrected chi connectivity index (χ1v) is 25.9. The third-order valence-corrected chi connectivity index (χ3v) is 13.3. The van der Waals surface area contributed by atoms with Crippen LogP contribution >= 0.6 is 19.4 Å². The van der Waals surface area contributed by atoms with Gasteiger partial charge in [0.2, 0.25) is 0 Å². The second kappa shape index (κ2) is 29.1. The van der Waals surface area contributed by atoms with E-state index in [1.807, 2.05) is 12.1 Å². The number of ether oxygens (including phenoxy) is 5. The number of anilines is 1. The maximum absolute atomic E-state index is 15.0. The number of hydrogen-bond acceptors (Lipinski definition) is 14. The molecule has 0 amide bonds. The summed E-state index contributed by atoms with van der Waals surface area (Å²) in [6.07, 6.45) is 17.7. The monoisotopic (exact) mass is 982 g/mol. The Labute approximate surface area is 406 Å². The van der Waals surface area contributed by atoms with E-state index in [4.69, 9.17) is 54.6 Å². The quantitative estimate of drug-likeness (QED) is 0.0343. The van der Waals surface area contributed by atoms with Gasteiger partial charge in [0.25, 0.3) is 0 Å². The van der Waals surface area contributed by atoms with Crippen molar-refractivity contribution in [1.82, 2.24) is 14.6 Å². The van der Waals surface area contributed by atoms with Gasteiger partial charge >= 0.3 is 7.82 Å². The molecule has 68 heavy (non-hydrogen) atoms. The summed E-state index contributed by atoms with van der Waals surface area (Å²) >= 11 is 6.46. The Bertz CT molecular complexity index is 2260. The van der Waals surface area contributed by atoms with Crippen LogP contribution in [0.4, 0.5) is 10.2 Å². The first-order chi connectivity index (χ1) is 33.0. The fourth-order valence-electron chi connectivity index (χ4n) is 7.98. The van der Waals surface area contributed by atoms with Gasteiger partial charge in [0.15, 0.2) is 11.6 Å². The molecule has 0 spiro atoms. The number of benzene rings is 2. The molecule has 0 radical (unpaired) electrons. The van der Waals surface area contributed by atoms with Crippen LogP contribution in [0, 0.1) is 28.5 Å². The number of nitriles is 2. The van der Waals surface area contributed by atoms with Gasteiger partial charge < -0.3 is 33.9 Å². The molecule has 1 saturated heterocycles. The fourth-order valence-corrected chi connectivity index (χ4v) is 9.47. The second-order valence-electron chi connectivity index (χ2n) is 17.5. The highest BCUT2D eigenvalue weighted by molar-refractivity contribution is 7.48. The first kappa shape index (κ1) is 54.7. The van der Waals surface area contributed by atoms with Crippen LogP contribution in [0.2, 0.25) is 5.02 Å². The fraction of sp³-hybridized carbons (Fsp3) is 0.600. The molecule has 3 heterocycles. The molecule has 5 rings (SSSR count). The molecule has 1 aliphatic rings. The van der Waals surface area contributed by atoms with E-state index >= 15 is 0 Å². The summed E-state index contributed by atoms with van der Waals surface area (Å²) in [5, 5.41) is 23.3. The molecule has 2 aromatic heterocycles. The molecule has 2 N–H and O–H groups in total. The minimum atomic E-state index is -4.63. The van der Waals surface area contributed by atoms with Crippen LogP contribution < -0.4 is 10.3 Å². The molecule has 5 atom stereocenters. The van der Waals surface area contributed by atoms with Gasteiger partial charge in [0, 0.05) is 12.2 Å². The lowest BCUT2D eigenvalue weighted by molar-refractivity contribution is -0.161. The molecule has 18 heteroatoms. The minimum absolute atomic E-state index is 0.0139. The Morgan fingerprint density at radius 3 is 2.18 bits per heavy atom. The van der Waals surface area contributed by atoms with E-state index in [0.29, 0.717) is 17.8 Å². The van der Waals surface area contributed by atoms with Crippen molar-refractivity contribution in [2.24, 2.45) is 0 Å². The average Bonchev–Trinajstić information content (AvgIpc) is 3.91. The van der Waals surface area contributed by atoms with Gasteiger partial charge in [-0.2, -0.15) is 15.6 Å². The summed E-state index contributed by atoms with van der Waals surface area (Å²) in [4.78, 5) is 4.07. The summed E-state index contributed by atoms with van der Waals surface area (Å²) in [7, 11) is -4.63. The zero-order valence-electron chi connectivity index (χ0n) is 39.8. The number of aromatic nitrogens is 3. The molecule has 0 aliphatic carbocycles. The molecule has 1 unspecified atom stereocenters. The number of phosphoric acid groups is 1. The number of phosphoric ester groups is 1. The smallest absolute Gasteiger partial charge is 0.402 e. The van der Waals surface area contributed by atoms with Gasteiger partial charge in [-0.3, -0.25) is 9.05 Å². The van der Waals surface area contributed by atoms with Crippen molar-refractivity contribution in [2.45, 2.75) is 160 Å². The van der Waals surface area contributed by atoms with Crippen molar-refractivity contribution in [1.29, 1.82) is 10.5 Å². The van der Waals surface area contributed by atoms with Crippen molar-refractivity contribution in [3.63, 3.8) is 0 Å². The summed E-state index contributed by atoms with van der Waals surface area (Å²) in [5.74, 6) is -1.47. The first-order valence-electron chi connectivity index (χ1n) is 24.1. The zero-order valence-corrected chi connectivity index (χ0v) is 41.5. The maximum atomic E-state index is 15.0. The summed E-state index contributed by atoms with van der Waals surface area (Å²) in [6.45, 7) is 4.75. The number of nitrogens with zero attached hydrogens (tertiary/aromatic N) is 5. The molecule has 1 fully saturated rings. The lowest BCUT2D eigenvalue weighted by Gasteiger charge is -2.28. The Morgan fingerprint density at radius 1 is 0.868 bits per heavy atom. The predicted molar refractivity (Wildman–Crippen MR) is 257 cm³/mol. The van der Waals surface area contributed by atoms with E-state index in [-0.39, 0.29) is 54.1 Å². The van der Waals surface area contributed by atoms with E-state index in [1.54, 1.807) is 48.7 Å². The lowest BCUT2D eigenvalue weighted by Crippen LogP contribution is -2.38. The number of rotatable bonds is 34. The van der Waals surface area contributed by atoms with Crippen molar-refractivity contribution < 1.29 is 46.2 Å². The summed E-state index contributed by atoms with van der Waals surface area (Å²) in [5.41, 5.74) is 7.59. The third kappa shape index (κ3) is 18.0. The third-order valence-electron chi connectivity index (χ3n) is 11.6. The van der Waals surface area contributed by atoms with Crippen LogP contribution in [-0.2, 0) is 43.9 Å². The molecule has 15 nitrogen and oxygen atoms in total. The van der Waals surface area contributed by atoms with Crippen LogP contribution in [0.1, 0.15) is 146 Å². The molecule has 2 aromatic carbocycles. The van der Waals surface area contributed by atoms with Crippen LogP contribution in [0.3, 0.4) is 0 Å². The number of nitrogen functional groups attached to an aromatic ring is 1. The van der Waals surface area contributed by atoms with Gasteiger partial charge in [-0.1, -0.05) is 133 Å². The van der Waals surface area contributed by atoms with Crippen LogP contribution in [-0.4, -0.2) is 71.7 Å². The molecule has 1 aliphatic heterocycles. The molecule has 4 aromatic rings. The normalized spacial score (nSPS) is 17.4. The van der Waals surface area contributed by atoms with Gasteiger partial charge in [-0.15, -0.1) is 0 Å². The largest absolute Gasteiger partial charge is 0.530 e. The van der Waals surface area contributed by atoms with Crippen molar-refractivity contribution in [3.8, 4) is 17.9 Å². The molecule has 0 bridgehead atoms. The maximum Gasteiger partial charge on any atom is 0.530 e. The highest BCUT2D eigenvalue weighted by Crippen LogP contribution is 2.52. The van der Waals surface area contributed by atoms with Gasteiger partial charge in [-0.05, 0) is 56.7 Å². The van der Waals surface area contributed by atoms with Crippen molar-refractivity contribution in [3.05, 3.63) is 88.6 Å². The number of hydrogen-bond donors (Lipinski definition) is 1. The summed E-state index contributed by atoms with van der Waals surface area (Å²) in [6, 6.07) is 17.9. The van der Waals surface area contributed by atoms with Crippen LogP contribution in [0.25, 0.3) is 5.52 Å². The standard InChI is InChI=1S/C50H69ClFN6O9P/c1-4-5-6-7-8-9-10-11-12-13-14-15-16-17-18-21-29-60-34-40(62-33-39-25-24-38(32-54)31-42(39)52)35-63-68(59,67-45-23-20-19-22-41(45)51)64-36-46(61-30-28-53)48-47(65-50(2,3)66-48)43-26-27-44-49(55)56-37-57-58(43)44/h19-20,22-27,31,37,40,46-48H,4-18,21,29-30,33-36H2,1-3H3,(H2,55,56,57)/t40-,46-,47+,48-,68?/m1/s1. The highest BCUT2D eigenvalue weighted by Gasteiger charge is 2.49. The Hall–Kier alpha value is -4.19. The van der Waals surface area contributed by atoms with Crippen molar-refractivity contribution in [2.75, 3.05) is 38.8 Å². The van der Waals surface area contributed by atoms with E-state index in [9.17, 15) is 19.5 Å². The van der Waals surface area contributed by atoms with Crippen LogP contribution in [0.5, 0.6) is 5.75 Å². The highest BCUT2D eigenvalue weighted by atomic mass is 35.5. The number of unbranched alkanes of at least 4 members (excludes halogenated alkanes) is 15. The van der Waals surface area contributed by atoms with E-state index in [0.717, 1.165) is 25.3 Å². The summed E-state index contributed by atoms with van der Waals surface area (Å²) < 4.78 is 80.1. The average molecular weight is 984 g/mol. The number of para-hydroxylation sites is 1. The molecular formula is C50H69ClFN6O9P. The Kier molecular flexibility index (Phi) is 23.4. The number of halogens is 2. The van der Waals surface area contributed by atoms with E-state index in [2.05, 4.69) is 17.0 Å². The van der Waals surface area contributed by atoms with Crippen molar-refractivity contribution >= 4 is 30.8 Å². The molecular weight excluding hydrogens is 914 g/mol. The van der Waals surface area contributed by atoms with Gasteiger partial charge in [0.05, 0.1) is 54.8 Å². The number of nitrogens with two attached hydrogens (primary N) is 1. The zero-order chi connectivity index (χ0) is 48.6. The lowest BCUT2D eigenvalue weighted by atomic mass is 10.0. The Balaban J connectivity index is 1.20. The van der Waals surface area contributed by atoms with Gasteiger partial charge in [0.1, 0.15) is 54.4 Å². The predicted octanol–water partition coefficient (Wildman–Crippen LogP) is 12.2. The van der Waals surface area contributed by atoms with Gasteiger partial charge in [-0.25, -0.2) is 18.5 Å². The molecule has 0 saturated carbocycles. The van der Waals surface area contributed by atoms with E-state index in [1.165, 1.54) is 108 Å². The number of fused-ring (bicyclic) bond motifs is 1. The van der Waals surface area contributed by atoms with E-state index < -0.39 is 50.4 Å². The Morgan fingerprint density at radius 2 is 1.53 bits per heavy atom.